The molecular formula is C14H14Cl2F2N4O2. The molecule has 0 bridgehead atoms. The van der Waals surface area contributed by atoms with Crippen molar-refractivity contribution in [1.82, 2.24) is 15.8 Å². The van der Waals surface area contributed by atoms with Crippen LogP contribution in [0.3, 0.4) is 0 Å². The zero-order valence-corrected chi connectivity index (χ0v) is 14.0. The second kappa shape index (κ2) is 8.70. The maximum absolute atomic E-state index is 12.5. The molecule has 6 nitrogen and oxygen atoms in total. The molecule has 0 saturated carbocycles. The predicted octanol–water partition coefficient (Wildman–Crippen LogP) is 3.45. The van der Waals surface area contributed by atoms with Crippen LogP contribution in [0.4, 0.5) is 8.78 Å². The van der Waals surface area contributed by atoms with Crippen molar-refractivity contribution in [3.63, 3.8) is 0 Å². The molecular weight excluding hydrogens is 365 g/mol. The highest BCUT2D eigenvalue weighted by molar-refractivity contribution is 6.35. The van der Waals surface area contributed by atoms with Crippen molar-refractivity contribution in [3.05, 3.63) is 45.8 Å². The van der Waals surface area contributed by atoms with Gasteiger partial charge in [-0.15, -0.1) is 0 Å². The van der Waals surface area contributed by atoms with Gasteiger partial charge in [0, 0.05) is 30.2 Å². The number of halogens is 4. The van der Waals surface area contributed by atoms with E-state index in [1.165, 1.54) is 18.4 Å². The van der Waals surface area contributed by atoms with Crippen LogP contribution in [0.5, 0.6) is 5.75 Å². The van der Waals surface area contributed by atoms with Crippen molar-refractivity contribution in [3.8, 4) is 5.75 Å². The van der Waals surface area contributed by atoms with Crippen LogP contribution in [0.1, 0.15) is 11.3 Å². The Morgan fingerprint density at radius 1 is 1.33 bits per heavy atom. The van der Waals surface area contributed by atoms with E-state index in [1.54, 1.807) is 13.1 Å². The maximum Gasteiger partial charge on any atom is 0.387 e. The van der Waals surface area contributed by atoms with Gasteiger partial charge in [0.15, 0.2) is 5.96 Å². The van der Waals surface area contributed by atoms with Crippen LogP contribution in [0.2, 0.25) is 10.0 Å². The van der Waals surface area contributed by atoms with Crippen LogP contribution in [-0.4, -0.2) is 24.8 Å². The fraction of sp³-hybridized carbons (Fsp3) is 0.286. The Bertz CT molecular complexity index is 696. The fourth-order valence-corrected chi connectivity index (χ4v) is 2.45. The van der Waals surface area contributed by atoms with Gasteiger partial charge in [0.05, 0.1) is 11.6 Å². The van der Waals surface area contributed by atoms with Gasteiger partial charge < -0.3 is 19.9 Å². The highest BCUT2D eigenvalue weighted by Crippen LogP contribution is 2.33. The summed E-state index contributed by atoms with van der Waals surface area (Å²) >= 11 is 11.8. The Morgan fingerprint density at radius 2 is 2.08 bits per heavy atom. The van der Waals surface area contributed by atoms with Gasteiger partial charge in [0.2, 0.25) is 0 Å². The monoisotopic (exact) mass is 378 g/mol. The minimum atomic E-state index is -2.99. The first-order chi connectivity index (χ1) is 11.5. The molecule has 0 aliphatic carbocycles. The molecule has 0 unspecified atom stereocenters. The van der Waals surface area contributed by atoms with Gasteiger partial charge in [0.25, 0.3) is 0 Å². The van der Waals surface area contributed by atoms with Gasteiger partial charge in [-0.25, -0.2) is 0 Å². The predicted molar refractivity (Wildman–Crippen MR) is 86.6 cm³/mol. The Morgan fingerprint density at radius 3 is 2.71 bits per heavy atom. The average molecular weight is 379 g/mol. The first kappa shape index (κ1) is 18.3. The van der Waals surface area contributed by atoms with Gasteiger partial charge in [-0.05, 0) is 12.1 Å². The summed E-state index contributed by atoms with van der Waals surface area (Å²) in [6.45, 7) is -2.49. The Kier molecular flexibility index (Phi) is 6.62. The van der Waals surface area contributed by atoms with Crippen LogP contribution >= 0.6 is 23.2 Å². The highest BCUT2D eigenvalue weighted by atomic mass is 35.5. The zero-order chi connectivity index (χ0) is 17.5. The summed E-state index contributed by atoms with van der Waals surface area (Å²) in [6, 6.07) is 4.52. The van der Waals surface area contributed by atoms with Crippen molar-refractivity contribution < 1.29 is 18.0 Å². The number of ether oxygens (including phenoxy) is 1. The molecule has 2 aromatic rings. The molecule has 0 amide bonds. The van der Waals surface area contributed by atoms with Crippen molar-refractivity contribution in [2.45, 2.75) is 19.7 Å². The molecule has 0 atom stereocenters. The standard InChI is InChI=1S/C14H14Cl2F2N4O2/c1-19-14(21-7-10-2-3-23-22-10)20-6-8-4-9(15)5-11(16)12(8)24-13(17)18/h2-5,13H,6-7H2,1H3,(H2,19,20,21). The van der Waals surface area contributed by atoms with Crippen LogP contribution in [-0.2, 0) is 13.1 Å². The molecule has 0 fully saturated rings. The Balaban J connectivity index is 2.03. The van der Waals surface area contributed by atoms with Crippen molar-refractivity contribution in [1.29, 1.82) is 0 Å². The number of benzene rings is 1. The third kappa shape index (κ3) is 5.24. The molecule has 1 heterocycles. The molecule has 130 valence electrons. The number of nitrogens with zero attached hydrogens (tertiary/aromatic N) is 2. The van der Waals surface area contributed by atoms with Crippen LogP contribution in [0.25, 0.3) is 0 Å². The Hall–Kier alpha value is -2.06. The number of aliphatic imine (C=N–C) groups is 1. The Labute approximate surface area is 146 Å². The summed E-state index contributed by atoms with van der Waals surface area (Å²) in [4.78, 5) is 4.02. The number of hydrogen-bond donors (Lipinski definition) is 2. The molecule has 0 aliphatic heterocycles. The van der Waals surface area contributed by atoms with E-state index < -0.39 is 6.61 Å². The van der Waals surface area contributed by atoms with Crippen LogP contribution in [0, 0.1) is 0 Å². The summed E-state index contributed by atoms with van der Waals surface area (Å²) in [5.74, 6) is 0.299. The molecule has 1 aromatic heterocycles. The third-order valence-electron chi connectivity index (χ3n) is 2.89. The lowest BCUT2D eigenvalue weighted by atomic mass is 10.2. The first-order valence-corrected chi connectivity index (χ1v) is 7.51. The number of guanidine groups is 1. The van der Waals surface area contributed by atoms with Gasteiger partial charge >= 0.3 is 6.61 Å². The molecule has 1 aromatic carbocycles. The van der Waals surface area contributed by atoms with Crippen LogP contribution < -0.4 is 15.4 Å². The average Bonchev–Trinajstić information content (AvgIpc) is 3.03. The first-order valence-electron chi connectivity index (χ1n) is 6.76. The lowest BCUT2D eigenvalue weighted by Crippen LogP contribution is -2.36. The molecule has 0 radical (unpaired) electrons. The molecule has 10 heteroatoms. The summed E-state index contributed by atoms with van der Waals surface area (Å²) in [5.41, 5.74) is 1.06. The lowest BCUT2D eigenvalue weighted by molar-refractivity contribution is -0.0504. The van der Waals surface area contributed by atoms with E-state index in [2.05, 4.69) is 25.5 Å². The summed E-state index contributed by atoms with van der Waals surface area (Å²) in [6.07, 6.45) is 1.45. The molecule has 0 saturated heterocycles. The number of alkyl halides is 2. The lowest BCUT2D eigenvalue weighted by Gasteiger charge is -2.15. The van der Waals surface area contributed by atoms with E-state index in [-0.39, 0.29) is 17.3 Å². The van der Waals surface area contributed by atoms with E-state index in [0.717, 1.165) is 0 Å². The maximum atomic E-state index is 12.5. The summed E-state index contributed by atoms with van der Waals surface area (Å²) in [5, 5.41) is 10.0. The van der Waals surface area contributed by atoms with Crippen molar-refractivity contribution >= 4 is 29.2 Å². The molecule has 2 rings (SSSR count). The number of rotatable bonds is 6. The van der Waals surface area contributed by atoms with E-state index in [1.807, 2.05) is 0 Å². The molecule has 0 aliphatic rings. The second-order valence-corrected chi connectivity index (χ2v) is 5.37. The number of nitrogens with one attached hydrogen (secondary N) is 2. The van der Waals surface area contributed by atoms with Crippen LogP contribution in [0.15, 0.2) is 34.0 Å². The minimum Gasteiger partial charge on any atom is -0.433 e. The molecule has 2 N–H and O–H groups in total. The van der Waals surface area contributed by atoms with E-state index in [0.29, 0.717) is 28.8 Å². The summed E-state index contributed by atoms with van der Waals surface area (Å²) < 4.78 is 34.3. The zero-order valence-electron chi connectivity index (χ0n) is 12.5. The quantitative estimate of drug-likeness (QED) is 0.594. The fourth-order valence-electron chi connectivity index (χ4n) is 1.87. The van der Waals surface area contributed by atoms with Gasteiger partial charge in [-0.2, -0.15) is 8.78 Å². The highest BCUT2D eigenvalue weighted by Gasteiger charge is 2.15. The molecule has 24 heavy (non-hydrogen) atoms. The SMILES string of the molecule is CN=C(NCc1ccon1)NCc1cc(Cl)cc(Cl)c1OC(F)F. The number of aromatic nitrogens is 1. The van der Waals surface area contributed by atoms with Gasteiger partial charge in [-0.1, -0.05) is 28.4 Å². The van der Waals surface area contributed by atoms with E-state index in [9.17, 15) is 8.78 Å². The normalized spacial score (nSPS) is 11.7. The van der Waals surface area contributed by atoms with Gasteiger partial charge in [0.1, 0.15) is 17.7 Å². The molecule has 0 spiro atoms. The van der Waals surface area contributed by atoms with Crippen molar-refractivity contribution in [2.24, 2.45) is 4.99 Å². The van der Waals surface area contributed by atoms with E-state index >= 15 is 0 Å². The topological polar surface area (TPSA) is 71.7 Å². The minimum absolute atomic E-state index is 0.00476. The smallest absolute Gasteiger partial charge is 0.387 e. The number of hydrogen-bond acceptors (Lipinski definition) is 4. The van der Waals surface area contributed by atoms with E-state index in [4.69, 9.17) is 27.7 Å². The third-order valence-corrected chi connectivity index (χ3v) is 3.39. The summed E-state index contributed by atoms with van der Waals surface area (Å²) in [7, 11) is 1.57. The largest absolute Gasteiger partial charge is 0.433 e. The second-order valence-electron chi connectivity index (χ2n) is 4.52. The van der Waals surface area contributed by atoms with Crippen molar-refractivity contribution in [2.75, 3.05) is 7.05 Å². The van der Waals surface area contributed by atoms with Gasteiger partial charge in [-0.3, -0.25) is 4.99 Å².